The van der Waals surface area contributed by atoms with Gasteiger partial charge in [0.05, 0.1) is 0 Å². The van der Waals surface area contributed by atoms with E-state index in [1.54, 1.807) is 12.3 Å². The van der Waals surface area contributed by atoms with Gasteiger partial charge in [0, 0.05) is 18.3 Å². The average Bonchev–Trinajstić information content (AvgIpc) is 2.76. The maximum atomic E-state index is 7.30. The van der Waals surface area contributed by atoms with E-state index in [0.717, 1.165) is 13.0 Å². The van der Waals surface area contributed by atoms with Gasteiger partial charge >= 0.3 is 0 Å². The van der Waals surface area contributed by atoms with Crippen LogP contribution >= 0.6 is 0 Å². The van der Waals surface area contributed by atoms with Crippen molar-refractivity contribution in [2.45, 2.75) is 31.9 Å². The van der Waals surface area contributed by atoms with Gasteiger partial charge in [0.2, 0.25) is 5.88 Å². The molecule has 98 valence electrons. The van der Waals surface area contributed by atoms with Crippen molar-refractivity contribution in [2.75, 3.05) is 13.6 Å². The highest BCUT2D eigenvalue weighted by Crippen LogP contribution is 2.21. The maximum Gasteiger partial charge on any atom is 0.217 e. The van der Waals surface area contributed by atoms with Crippen LogP contribution < -0.4 is 10.5 Å². The fourth-order valence-corrected chi connectivity index (χ4v) is 2.34. The molecule has 0 amide bonds. The van der Waals surface area contributed by atoms with Gasteiger partial charge in [0.25, 0.3) is 0 Å². The SMILES string of the molecule is C[C@H](Oc1ccnc(C(=N)N)n1)[C@@H]1CCCN1C. The molecule has 6 heteroatoms. The number of likely N-dealkylation sites (N-methyl/N-ethyl adjacent to an activating group) is 1. The molecular formula is C12H19N5O. The Kier molecular flexibility index (Phi) is 3.76. The van der Waals surface area contributed by atoms with Gasteiger partial charge in [-0.2, -0.15) is 4.98 Å². The predicted molar refractivity (Wildman–Crippen MR) is 68.8 cm³/mol. The number of nitrogens with two attached hydrogens (primary N) is 1. The molecule has 1 fully saturated rings. The zero-order chi connectivity index (χ0) is 13.1. The minimum absolute atomic E-state index is 0.0622. The molecule has 1 aromatic heterocycles. The highest BCUT2D eigenvalue weighted by molar-refractivity contribution is 5.91. The van der Waals surface area contributed by atoms with Gasteiger partial charge in [0.1, 0.15) is 6.10 Å². The molecule has 2 rings (SSSR count). The Bertz CT molecular complexity index is 436. The Morgan fingerprint density at radius 2 is 2.44 bits per heavy atom. The van der Waals surface area contributed by atoms with E-state index in [2.05, 4.69) is 21.9 Å². The monoisotopic (exact) mass is 249 g/mol. The summed E-state index contributed by atoms with van der Waals surface area (Å²) in [6, 6.07) is 2.11. The lowest BCUT2D eigenvalue weighted by atomic mass is 10.1. The molecule has 1 aromatic rings. The van der Waals surface area contributed by atoms with Crippen LogP contribution in [0.3, 0.4) is 0 Å². The molecule has 0 unspecified atom stereocenters. The molecule has 3 N–H and O–H groups in total. The molecule has 0 saturated carbocycles. The van der Waals surface area contributed by atoms with Crippen molar-refractivity contribution in [1.82, 2.24) is 14.9 Å². The van der Waals surface area contributed by atoms with E-state index in [1.165, 1.54) is 6.42 Å². The van der Waals surface area contributed by atoms with Crippen LogP contribution in [0.25, 0.3) is 0 Å². The van der Waals surface area contributed by atoms with Crippen molar-refractivity contribution in [1.29, 1.82) is 5.41 Å². The van der Waals surface area contributed by atoms with Crippen molar-refractivity contribution in [3.63, 3.8) is 0 Å². The molecule has 0 bridgehead atoms. The third-order valence-electron chi connectivity index (χ3n) is 3.30. The van der Waals surface area contributed by atoms with Crippen LogP contribution in [0, 0.1) is 5.41 Å². The van der Waals surface area contributed by atoms with Crippen molar-refractivity contribution in [3.8, 4) is 5.88 Å². The maximum absolute atomic E-state index is 7.30. The largest absolute Gasteiger partial charge is 0.473 e. The Morgan fingerprint density at radius 1 is 1.67 bits per heavy atom. The number of amidine groups is 1. The van der Waals surface area contributed by atoms with Gasteiger partial charge in [-0.05, 0) is 33.4 Å². The molecule has 2 atom stereocenters. The van der Waals surface area contributed by atoms with Gasteiger partial charge in [-0.1, -0.05) is 0 Å². The van der Waals surface area contributed by atoms with Crippen LogP contribution in [0.15, 0.2) is 12.3 Å². The minimum Gasteiger partial charge on any atom is -0.473 e. The Labute approximate surface area is 107 Å². The third-order valence-corrected chi connectivity index (χ3v) is 3.30. The number of aromatic nitrogens is 2. The summed E-state index contributed by atoms with van der Waals surface area (Å²) in [5, 5.41) is 7.30. The molecule has 2 heterocycles. The summed E-state index contributed by atoms with van der Waals surface area (Å²) in [7, 11) is 2.11. The molecule has 1 saturated heterocycles. The minimum atomic E-state index is -0.147. The summed E-state index contributed by atoms with van der Waals surface area (Å²) in [5.74, 6) is 0.536. The second-order valence-corrected chi connectivity index (χ2v) is 4.65. The molecule has 18 heavy (non-hydrogen) atoms. The molecule has 0 spiro atoms. The van der Waals surface area contributed by atoms with Crippen molar-refractivity contribution >= 4 is 5.84 Å². The van der Waals surface area contributed by atoms with E-state index in [9.17, 15) is 0 Å². The zero-order valence-corrected chi connectivity index (χ0v) is 10.8. The average molecular weight is 249 g/mol. The Hall–Kier alpha value is -1.69. The van der Waals surface area contributed by atoms with Crippen LogP contribution in [-0.4, -0.2) is 46.4 Å². The lowest BCUT2D eigenvalue weighted by Crippen LogP contribution is -2.38. The lowest BCUT2D eigenvalue weighted by Gasteiger charge is -2.26. The van der Waals surface area contributed by atoms with Crippen molar-refractivity contribution in [2.24, 2.45) is 5.73 Å². The smallest absolute Gasteiger partial charge is 0.217 e. The van der Waals surface area contributed by atoms with E-state index in [1.807, 2.05) is 6.92 Å². The third kappa shape index (κ3) is 2.76. The quantitative estimate of drug-likeness (QED) is 0.603. The normalized spacial score (nSPS) is 21.8. The van der Waals surface area contributed by atoms with Gasteiger partial charge in [-0.25, -0.2) is 4.98 Å². The highest BCUT2D eigenvalue weighted by atomic mass is 16.5. The molecule has 1 aliphatic rings. The predicted octanol–water partition coefficient (Wildman–Crippen LogP) is 0.622. The number of hydrogen-bond acceptors (Lipinski definition) is 5. The topological polar surface area (TPSA) is 88.1 Å². The van der Waals surface area contributed by atoms with Crippen LogP contribution in [0.5, 0.6) is 5.88 Å². The molecule has 0 aromatic carbocycles. The summed E-state index contributed by atoms with van der Waals surface area (Å²) in [4.78, 5) is 10.3. The first-order valence-electron chi connectivity index (χ1n) is 6.12. The molecule has 1 aliphatic heterocycles. The van der Waals surface area contributed by atoms with Crippen molar-refractivity contribution < 1.29 is 4.74 Å². The van der Waals surface area contributed by atoms with Gasteiger partial charge in [-0.15, -0.1) is 0 Å². The number of nitrogens with zero attached hydrogens (tertiary/aromatic N) is 3. The second-order valence-electron chi connectivity index (χ2n) is 4.65. The molecule has 0 aliphatic carbocycles. The first kappa shape index (κ1) is 12.8. The van der Waals surface area contributed by atoms with E-state index in [-0.39, 0.29) is 17.8 Å². The van der Waals surface area contributed by atoms with E-state index in [4.69, 9.17) is 15.9 Å². The Balaban J connectivity index is 2.04. The van der Waals surface area contributed by atoms with Crippen LogP contribution in [0.1, 0.15) is 25.6 Å². The summed E-state index contributed by atoms with van der Waals surface area (Å²) in [5.41, 5.74) is 5.35. The zero-order valence-electron chi connectivity index (χ0n) is 10.8. The van der Waals surface area contributed by atoms with Crippen LogP contribution in [0.4, 0.5) is 0 Å². The Morgan fingerprint density at radius 3 is 3.06 bits per heavy atom. The molecule has 6 nitrogen and oxygen atoms in total. The van der Waals surface area contributed by atoms with E-state index in [0.29, 0.717) is 11.9 Å². The number of nitrogens with one attached hydrogen (secondary N) is 1. The summed E-state index contributed by atoms with van der Waals surface area (Å²) >= 11 is 0. The lowest BCUT2D eigenvalue weighted by molar-refractivity contribution is 0.116. The first-order valence-corrected chi connectivity index (χ1v) is 6.12. The molecular weight excluding hydrogens is 230 g/mol. The summed E-state index contributed by atoms with van der Waals surface area (Å²) in [6.45, 7) is 3.16. The standard InChI is InChI=1S/C12H19N5O/c1-8(9-4-3-7-17(9)2)18-10-5-6-15-12(16-10)11(13)14/h5-6,8-9H,3-4,7H2,1-2H3,(H3,13,14)/t8-,9-/m0/s1. The fraction of sp³-hybridized carbons (Fsp3) is 0.583. The van der Waals surface area contributed by atoms with Gasteiger partial charge in [0.15, 0.2) is 11.7 Å². The van der Waals surface area contributed by atoms with Crippen molar-refractivity contribution in [3.05, 3.63) is 18.1 Å². The van der Waals surface area contributed by atoms with Gasteiger partial charge in [-0.3, -0.25) is 10.3 Å². The summed E-state index contributed by atoms with van der Waals surface area (Å²) in [6.07, 6.45) is 3.97. The van der Waals surface area contributed by atoms with Crippen LogP contribution in [-0.2, 0) is 0 Å². The first-order chi connectivity index (χ1) is 8.58. The molecule has 0 radical (unpaired) electrons. The number of likely N-dealkylation sites (tertiary alicyclic amines) is 1. The van der Waals surface area contributed by atoms with E-state index >= 15 is 0 Å². The van der Waals surface area contributed by atoms with E-state index < -0.39 is 0 Å². The van der Waals surface area contributed by atoms with Crippen LogP contribution in [0.2, 0.25) is 0 Å². The van der Waals surface area contributed by atoms with Gasteiger partial charge < -0.3 is 10.5 Å². The number of nitrogen functional groups attached to an aromatic ring is 1. The summed E-state index contributed by atoms with van der Waals surface area (Å²) < 4.78 is 5.81. The highest BCUT2D eigenvalue weighted by Gasteiger charge is 2.27. The second kappa shape index (κ2) is 5.30. The number of rotatable bonds is 4. The number of hydrogen-bond donors (Lipinski definition) is 2. The fourth-order valence-electron chi connectivity index (χ4n) is 2.34. The number of ether oxygens (including phenoxy) is 1.